The molecule has 3 aromatic heterocycles. The summed E-state index contributed by atoms with van der Waals surface area (Å²) in [6.07, 6.45) is 3.12. The van der Waals surface area contributed by atoms with Gasteiger partial charge in [0, 0.05) is 18.7 Å². The number of aromatic nitrogens is 8. The minimum atomic E-state index is -0.983. The van der Waals surface area contributed by atoms with Crippen molar-refractivity contribution in [1.29, 1.82) is 0 Å². The molecule has 0 aliphatic carbocycles. The Morgan fingerprint density at radius 3 is 2.67 bits per heavy atom. The van der Waals surface area contributed by atoms with Crippen molar-refractivity contribution >= 4 is 0 Å². The molecule has 2 aromatic carbocycles. The molecule has 0 aliphatic rings. The average molecular weight is 450 g/mol. The Labute approximate surface area is 185 Å². The highest BCUT2D eigenvalue weighted by atomic mass is 19.2. The molecular weight excluding hydrogens is 434 g/mol. The highest BCUT2D eigenvalue weighted by molar-refractivity contribution is 5.61. The zero-order chi connectivity index (χ0) is 22.8. The first-order valence-corrected chi connectivity index (χ1v) is 9.80. The predicted molar refractivity (Wildman–Crippen MR) is 110 cm³/mol. The second-order valence-corrected chi connectivity index (χ2v) is 7.12. The molecule has 0 fully saturated rings. The average Bonchev–Trinajstić information content (AvgIpc) is 3.57. The van der Waals surface area contributed by atoms with Gasteiger partial charge in [-0.1, -0.05) is 29.4 Å². The summed E-state index contributed by atoms with van der Waals surface area (Å²) in [5, 5.41) is 19.4. The van der Waals surface area contributed by atoms with Gasteiger partial charge < -0.3 is 9.26 Å². The third-order valence-corrected chi connectivity index (χ3v) is 4.93. The van der Waals surface area contributed by atoms with Gasteiger partial charge in [-0.3, -0.25) is 4.68 Å². The SMILES string of the molecule is Cn1ncc(-c2nc(-c3ccc(Cn4cnnn4)cc3)no2)c1COc1ccc(F)c(F)c1. The van der Waals surface area contributed by atoms with E-state index in [2.05, 4.69) is 30.8 Å². The first-order chi connectivity index (χ1) is 16.1. The van der Waals surface area contributed by atoms with Crippen LogP contribution in [0.4, 0.5) is 8.78 Å². The van der Waals surface area contributed by atoms with E-state index >= 15 is 0 Å². The van der Waals surface area contributed by atoms with Crippen LogP contribution in [0, 0.1) is 11.6 Å². The molecule has 33 heavy (non-hydrogen) atoms. The number of ether oxygens (including phenoxy) is 1. The molecule has 0 atom stereocenters. The highest BCUT2D eigenvalue weighted by Gasteiger charge is 2.19. The van der Waals surface area contributed by atoms with E-state index in [1.807, 2.05) is 24.3 Å². The molecule has 0 N–H and O–H groups in total. The second-order valence-electron chi connectivity index (χ2n) is 7.12. The van der Waals surface area contributed by atoms with Crippen LogP contribution >= 0.6 is 0 Å². The summed E-state index contributed by atoms with van der Waals surface area (Å²) in [6, 6.07) is 11.0. The van der Waals surface area contributed by atoms with Gasteiger partial charge in [-0.15, -0.1) is 5.10 Å². The number of rotatable bonds is 7. The molecule has 0 radical (unpaired) electrons. The lowest BCUT2D eigenvalue weighted by Crippen LogP contribution is -2.05. The van der Waals surface area contributed by atoms with Gasteiger partial charge in [-0.05, 0) is 28.1 Å². The van der Waals surface area contributed by atoms with Crippen LogP contribution in [0.15, 0.2) is 59.5 Å². The summed E-state index contributed by atoms with van der Waals surface area (Å²) >= 11 is 0. The minimum absolute atomic E-state index is 0.0421. The Balaban J connectivity index is 1.33. The van der Waals surface area contributed by atoms with Crippen LogP contribution in [0.25, 0.3) is 22.8 Å². The quantitative estimate of drug-likeness (QED) is 0.372. The van der Waals surface area contributed by atoms with Gasteiger partial charge in [0.2, 0.25) is 5.82 Å². The fraction of sp³-hybridized carbons (Fsp3) is 0.143. The third-order valence-electron chi connectivity index (χ3n) is 4.93. The van der Waals surface area contributed by atoms with Crippen LogP contribution in [-0.4, -0.2) is 40.1 Å². The van der Waals surface area contributed by atoms with Crippen molar-refractivity contribution in [3.63, 3.8) is 0 Å². The summed E-state index contributed by atoms with van der Waals surface area (Å²) in [4.78, 5) is 4.48. The maximum Gasteiger partial charge on any atom is 0.261 e. The van der Waals surface area contributed by atoms with Gasteiger partial charge in [0.25, 0.3) is 5.89 Å². The van der Waals surface area contributed by atoms with Crippen LogP contribution in [-0.2, 0) is 20.2 Å². The molecule has 0 bridgehead atoms. The van der Waals surface area contributed by atoms with Gasteiger partial charge in [0.1, 0.15) is 18.7 Å². The van der Waals surface area contributed by atoms with Crippen molar-refractivity contribution in [3.8, 4) is 28.6 Å². The Morgan fingerprint density at radius 2 is 1.91 bits per heavy atom. The van der Waals surface area contributed by atoms with E-state index in [4.69, 9.17) is 9.26 Å². The number of aryl methyl sites for hydroxylation is 1. The summed E-state index contributed by atoms with van der Waals surface area (Å²) in [5.74, 6) is -1.06. The Kier molecular flexibility index (Phi) is 5.30. The van der Waals surface area contributed by atoms with Crippen molar-refractivity contribution in [2.75, 3.05) is 0 Å². The number of benzene rings is 2. The van der Waals surface area contributed by atoms with Crippen molar-refractivity contribution < 1.29 is 18.0 Å². The second kappa shape index (κ2) is 8.57. The van der Waals surface area contributed by atoms with Gasteiger partial charge in [0.15, 0.2) is 11.6 Å². The summed E-state index contributed by atoms with van der Waals surface area (Å²) in [6.45, 7) is 0.586. The van der Waals surface area contributed by atoms with Gasteiger partial charge in [-0.2, -0.15) is 10.1 Å². The van der Waals surface area contributed by atoms with E-state index in [1.165, 1.54) is 6.07 Å². The molecule has 166 valence electrons. The Bertz CT molecular complexity index is 1380. The van der Waals surface area contributed by atoms with E-state index in [9.17, 15) is 8.78 Å². The zero-order valence-corrected chi connectivity index (χ0v) is 17.3. The van der Waals surface area contributed by atoms with Crippen molar-refractivity contribution in [3.05, 3.63) is 77.9 Å². The first-order valence-electron chi connectivity index (χ1n) is 9.80. The lowest BCUT2D eigenvalue weighted by Gasteiger charge is -2.08. The van der Waals surface area contributed by atoms with Gasteiger partial charge in [0.05, 0.1) is 24.0 Å². The van der Waals surface area contributed by atoms with Gasteiger partial charge in [-0.25, -0.2) is 13.5 Å². The van der Waals surface area contributed by atoms with E-state index in [0.717, 1.165) is 23.3 Å². The molecule has 0 spiro atoms. The number of tetrazole rings is 1. The lowest BCUT2D eigenvalue weighted by molar-refractivity contribution is 0.292. The maximum atomic E-state index is 13.4. The standard InChI is InChI=1S/C21H16F2N8O2/c1-30-19(11-32-15-6-7-17(22)18(23)8-15)16(9-25-30)21-26-20(27-33-21)14-4-2-13(3-5-14)10-31-12-24-28-29-31/h2-9,12H,10-11H2,1H3. The fourth-order valence-electron chi connectivity index (χ4n) is 3.18. The summed E-state index contributed by atoms with van der Waals surface area (Å²) < 4.78 is 40.8. The number of hydrogen-bond acceptors (Lipinski definition) is 8. The Hall–Kier alpha value is -4.48. The molecule has 3 heterocycles. The Morgan fingerprint density at radius 1 is 1.06 bits per heavy atom. The molecular formula is C21H16F2N8O2. The smallest absolute Gasteiger partial charge is 0.261 e. The van der Waals surface area contributed by atoms with Crippen LogP contribution in [0.3, 0.4) is 0 Å². The summed E-state index contributed by atoms with van der Waals surface area (Å²) in [5.41, 5.74) is 2.99. The third kappa shape index (κ3) is 4.31. The van der Waals surface area contributed by atoms with Crippen LogP contribution in [0.5, 0.6) is 5.75 Å². The number of nitrogens with zero attached hydrogens (tertiary/aromatic N) is 8. The van der Waals surface area contributed by atoms with Gasteiger partial charge >= 0.3 is 0 Å². The van der Waals surface area contributed by atoms with Crippen LogP contribution in [0.2, 0.25) is 0 Å². The molecule has 12 heteroatoms. The fourth-order valence-corrected chi connectivity index (χ4v) is 3.18. The zero-order valence-electron chi connectivity index (χ0n) is 17.3. The first kappa shape index (κ1) is 20.4. The van der Waals surface area contributed by atoms with Crippen molar-refractivity contribution in [2.45, 2.75) is 13.2 Å². The van der Waals surface area contributed by atoms with E-state index in [1.54, 1.807) is 28.9 Å². The predicted octanol–water partition coefficient (Wildman–Crippen LogP) is 3.03. The number of hydrogen-bond donors (Lipinski definition) is 0. The monoisotopic (exact) mass is 450 g/mol. The largest absolute Gasteiger partial charge is 0.487 e. The van der Waals surface area contributed by atoms with Crippen molar-refractivity contribution in [1.82, 2.24) is 40.1 Å². The lowest BCUT2D eigenvalue weighted by atomic mass is 10.1. The molecule has 5 rings (SSSR count). The highest BCUT2D eigenvalue weighted by Crippen LogP contribution is 2.26. The van der Waals surface area contributed by atoms with E-state index < -0.39 is 11.6 Å². The molecule has 0 saturated carbocycles. The topological polar surface area (TPSA) is 110 Å². The van der Waals surface area contributed by atoms with Crippen LogP contribution in [0.1, 0.15) is 11.3 Å². The minimum Gasteiger partial charge on any atom is -0.487 e. The summed E-state index contributed by atoms with van der Waals surface area (Å²) in [7, 11) is 1.73. The molecule has 0 unspecified atom stereocenters. The molecule has 5 aromatic rings. The molecule has 10 nitrogen and oxygen atoms in total. The van der Waals surface area contributed by atoms with E-state index in [0.29, 0.717) is 23.6 Å². The maximum absolute atomic E-state index is 13.4. The molecule has 0 saturated heterocycles. The van der Waals surface area contributed by atoms with Crippen molar-refractivity contribution in [2.24, 2.45) is 7.05 Å². The van der Waals surface area contributed by atoms with E-state index in [-0.39, 0.29) is 18.2 Å². The molecule has 0 aliphatic heterocycles. The van der Waals surface area contributed by atoms with Crippen LogP contribution < -0.4 is 4.74 Å². The molecule has 0 amide bonds. The normalized spacial score (nSPS) is 11.1. The number of halogens is 2.